The maximum absolute atomic E-state index is 14.6. The fourth-order valence-corrected chi connectivity index (χ4v) is 6.22. The first-order chi connectivity index (χ1) is 29.2. The van der Waals surface area contributed by atoms with Gasteiger partial charge < -0.3 is 0 Å². The predicted octanol–water partition coefficient (Wildman–Crippen LogP) is 11.4. The summed E-state index contributed by atoms with van der Waals surface area (Å²) in [4.78, 5) is 14.6. The van der Waals surface area contributed by atoms with Crippen LogP contribution in [0.25, 0.3) is 76.8 Å². The Kier molecular flexibility index (Phi) is 2.81. The highest BCUT2D eigenvalue weighted by Gasteiger charge is 2.27. The lowest BCUT2D eigenvalue weighted by Crippen LogP contribution is -2.09. The smallest absolute Gasteiger partial charge is 0.194 e. The highest BCUT2D eigenvalue weighted by molar-refractivity contribution is 6.38. The number of hydrogen-bond acceptors (Lipinski definition) is 1. The summed E-state index contributed by atoms with van der Waals surface area (Å²) in [5.41, 5.74) is -1.18. The molecule has 0 radical (unpaired) electrons. The molecule has 0 atom stereocenters. The summed E-state index contributed by atoms with van der Waals surface area (Å²) in [6, 6.07) is 0.609. The molecule has 0 spiro atoms. The summed E-state index contributed by atoms with van der Waals surface area (Å²) in [5.74, 6) is -0.453. The van der Waals surface area contributed by atoms with Crippen molar-refractivity contribution in [3.05, 3.63) is 168 Å². The summed E-state index contributed by atoms with van der Waals surface area (Å²) < 4.78 is 155. The van der Waals surface area contributed by atoms with Crippen molar-refractivity contribution in [1.29, 1.82) is 0 Å². The van der Waals surface area contributed by atoms with Gasteiger partial charge in [0.1, 0.15) is 0 Å². The van der Waals surface area contributed by atoms with Gasteiger partial charge >= 0.3 is 0 Å². The zero-order chi connectivity index (χ0) is 44.9. The van der Waals surface area contributed by atoms with E-state index in [2.05, 4.69) is 0 Å². The lowest BCUT2D eigenvalue weighted by atomic mass is 9.79. The summed E-state index contributed by atoms with van der Waals surface area (Å²) in [6.07, 6.45) is 0. The predicted molar refractivity (Wildman–Crippen MR) is 184 cm³/mol. The monoisotopic (exact) mass is 576 g/mol. The van der Waals surface area contributed by atoms with Crippen molar-refractivity contribution >= 4 is 38.1 Å². The van der Waals surface area contributed by atoms with Gasteiger partial charge in [0, 0.05) is 21.9 Å². The van der Waals surface area contributed by atoms with Crippen molar-refractivity contribution in [3.63, 3.8) is 0 Å². The first-order valence-corrected chi connectivity index (χ1v) is 13.6. The number of hydrogen-bond donors (Lipinski definition) is 0. The van der Waals surface area contributed by atoms with E-state index in [1.807, 2.05) is 0 Å². The third-order valence-corrected chi connectivity index (χ3v) is 8.04. The van der Waals surface area contributed by atoms with E-state index in [0.29, 0.717) is 32.3 Å². The van der Waals surface area contributed by atoms with Crippen molar-refractivity contribution in [3.8, 4) is 44.5 Å². The van der Waals surface area contributed by atoms with Crippen LogP contribution in [-0.4, -0.2) is 5.78 Å². The average Bonchev–Trinajstić information content (AvgIpc) is 3.27. The highest BCUT2D eigenvalue weighted by atomic mass is 16.1. The molecule has 0 aromatic heterocycles. The molecule has 1 aliphatic rings. The minimum absolute atomic E-state index is 0.157. The molecule has 0 unspecified atom stereocenters. The molecule has 0 fully saturated rings. The standard InChI is InChI=1S/C43H26O/c44-43-38-25-23-34(32-17-9-7-15-30(32)27-11-3-1-4-12-27)36-21-19-29-20-22-37-35(24-26-39(43)42(37)40(29)41(36)38)33-18-10-8-16-31(33)28-13-5-2-6-14-28/h1-26H/i1D,2D,3D,4D,5D,6D,7D,8D,9D,10D,11D,12D,13D,14D,15D,16D,17D,18D. The molecule has 1 aliphatic carbocycles. The fourth-order valence-electron chi connectivity index (χ4n) is 6.22. The van der Waals surface area contributed by atoms with Crippen molar-refractivity contribution in [2.75, 3.05) is 0 Å². The van der Waals surface area contributed by atoms with Crippen molar-refractivity contribution in [1.82, 2.24) is 0 Å². The topological polar surface area (TPSA) is 17.1 Å². The number of benzene rings is 8. The van der Waals surface area contributed by atoms with Crippen LogP contribution < -0.4 is 0 Å². The summed E-state index contributed by atoms with van der Waals surface area (Å²) >= 11 is 0. The second kappa shape index (κ2) is 9.62. The molecule has 0 aliphatic heterocycles. The van der Waals surface area contributed by atoms with Crippen molar-refractivity contribution in [2.24, 2.45) is 0 Å². The Morgan fingerprint density at radius 1 is 0.341 bits per heavy atom. The Bertz CT molecular complexity index is 3190. The molecule has 9 rings (SSSR count). The first-order valence-electron chi connectivity index (χ1n) is 22.6. The number of carbonyl (C=O) groups excluding carboxylic acids is 1. The van der Waals surface area contributed by atoms with Crippen molar-refractivity contribution in [2.45, 2.75) is 0 Å². The van der Waals surface area contributed by atoms with Crippen LogP contribution in [0.4, 0.5) is 0 Å². The highest BCUT2D eigenvalue weighted by Crippen LogP contribution is 2.47. The van der Waals surface area contributed by atoms with Gasteiger partial charge in [-0.05, 0) is 78.2 Å². The molecule has 204 valence electrons. The lowest BCUT2D eigenvalue weighted by Gasteiger charge is -2.23. The van der Waals surface area contributed by atoms with E-state index in [0.717, 1.165) is 0 Å². The Morgan fingerprint density at radius 3 is 1.18 bits per heavy atom. The van der Waals surface area contributed by atoms with E-state index in [-0.39, 0.29) is 44.5 Å². The van der Waals surface area contributed by atoms with Gasteiger partial charge in [-0.2, -0.15) is 0 Å². The van der Waals surface area contributed by atoms with Crippen LogP contribution in [0.5, 0.6) is 0 Å². The zero-order valence-corrected chi connectivity index (χ0v) is 22.5. The van der Waals surface area contributed by atoms with E-state index in [1.54, 1.807) is 24.3 Å². The second-order valence-electron chi connectivity index (χ2n) is 10.2. The normalized spacial score (nSPS) is 17.9. The lowest BCUT2D eigenvalue weighted by molar-refractivity contribution is 0.104. The Hall–Kier alpha value is -5.79. The maximum atomic E-state index is 14.6. The average molecular weight is 577 g/mol. The Morgan fingerprint density at radius 2 is 0.727 bits per heavy atom. The van der Waals surface area contributed by atoms with Crippen LogP contribution in [0.2, 0.25) is 0 Å². The summed E-state index contributed by atoms with van der Waals surface area (Å²) in [6.45, 7) is 0. The molecule has 1 nitrogen and oxygen atoms in total. The minimum Gasteiger partial charge on any atom is -0.289 e. The van der Waals surface area contributed by atoms with Gasteiger partial charge in [-0.15, -0.1) is 0 Å². The number of rotatable bonds is 4. The third-order valence-electron chi connectivity index (χ3n) is 8.04. The fraction of sp³-hybridized carbons (Fsp3) is 0. The van der Waals surface area contributed by atoms with Crippen LogP contribution in [0.3, 0.4) is 0 Å². The maximum Gasteiger partial charge on any atom is 0.194 e. The Labute approximate surface area is 281 Å². The molecule has 0 heterocycles. The second-order valence-corrected chi connectivity index (χ2v) is 10.2. The van der Waals surface area contributed by atoms with Gasteiger partial charge in [-0.25, -0.2) is 0 Å². The van der Waals surface area contributed by atoms with Crippen LogP contribution in [-0.2, 0) is 0 Å². The van der Waals surface area contributed by atoms with Crippen molar-refractivity contribution < 1.29 is 29.5 Å². The summed E-state index contributed by atoms with van der Waals surface area (Å²) in [7, 11) is 0. The SMILES string of the molecule is [2H]c1c([2H])c([2H])c(-c2c([2H])c([2H])c([2H])c([2H])c2-c2ccc3c4c2ccc2ccc5c(-c6c([2H])c([2H])c([2H])c([2H])c6-c6c([2H])c([2H])c([2H])c([2H])c6[2H])ccc(c5c24)C3=O)c([2H])c1[2H]. The molecule has 0 saturated carbocycles. The first kappa shape index (κ1) is 12.8. The molecule has 1 heteroatoms. The largest absolute Gasteiger partial charge is 0.289 e. The molecule has 8 aromatic rings. The van der Waals surface area contributed by atoms with Gasteiger partial charge in [-0.3, -0.25) is 4.79 Å². The van der Waals surface area contributed by atoms with Crippen LogP contribution >= 0.6 is 0 Å². The van der Waals surface area contributed by atoms with Gasteiger partial charge in [0.2, 0.25) is 0 Å². The van der Waals surface area contributed by atoms with E-state index in [1.165, 1.54) is 24.3 Å². The number of carbonyl (C=O) groups is 1. The number of ketones is 1. The summed E-state index contributed by atoms with van der Waals surface area (Å²) in [5, 5.41) is 2.42. The molecule has 0 N–H and O–H groups in total. The zero-order valence-electron chi connectivity index (χ0n) is 40.5. The van der Waals surface area contributed by atoms with Crippen LogP contribution in [0.1, 0.15) is 40.6 Å². The van der Waals surface area contributed by atoms with Gasteiger partial charge in [0.15, 0.2) is 5.78 Å². The van der Waals surface area contributed by atoms with Gasteiger partial charge in [0.05, 0.1) is 24.7 Å². The van der Waals surface area contributed by atoms with E-state index in [4.69, 9.17) is 24.7 Å². The molecule has 44 heavy (non-hydrogen) atoms. The van der Waals surface area contributed by atoms with Crippen LogP contribution in [0, 0.1) is 0 Å². The quantitative estimate of drug-likeness (QED) is 0.190. The van der Waals surface area contributed by atoms with Gasteiger partial charge in [-0.1, -0.05) is 145 Å². The van der Waals surface area contributed by atoms with E-state index in [9.17, 15) is 4.79 Å². The van der Waals surface area contributed by atoms with E-state index >= 15 is 0 Å². The molecule has 0 saturated heterocycles. The minimum atomic E-state index is -0.710. The van der Waals surface area contributed by atoms with Gasteiger partial charge in [0.25, 0.3) is 0 Å². The molecule has 0 bridgehead atoms. The van der Waals surface area contributed by atoms with Crippen LogP contribution in [0.15, 0.2) is 157 Å². The third kappa shape index (κ3) is 3.57. The molecular weight excluding hydrogens is 532 g/mol. The molecule has 8 aromatic carbocycles. The van der Waals surface area contributed by atoms with E-state index < -0.39 is 126 Å². The Balaban J connectivity index is 1.43. The molecule has 0 amide bonds. The molecular formula is C43H26O.